The fraction of sp³-hybridized carbons (Fsp3) is 0.652. The van der Waals surface area contributed by atoms with Crippen molar-refractivity contribution in [1.82, 2.24) is 15.5 Å². The molecule has 1 amide bonds. The highest BCUT2D eigenvalue weighted by atomic mass is 16.1. The molecule has 6 heteroatoms. The Balaban J connectivity index is 2.01. The van der Waals surface area contributed by atoms with E-state index in [1.54, 1.807) is 0 Å². The number of nitrogens with one attached hydrogen (secondary N) is 3. The fourth-order valence-corrected chi connectivity index (χ4v) is 3.48. The summed E-state index contributed by atoms with van der Waals surface area (Å²) in [6.45, 7) is 16.4. The molecular formula is C23H39N5O. The molecule has 1 aromatic carbocycles. The zero-order valence-electron chi connectivity index (χ0n) is 19.0. The molecule has 2 rings (SSSR count). The van der Waals surface area contributed by atoms with E-state index in [1.807, 2.05) is 38.1 Å². The Morgan fingerprint density at radius 1 is 1.24 bits per heavy atom. The van der Waals surface area contributed by atoms with Crippen LogP contribution in [0.25, 0.3) is 0 Å². The van der Waals surface area contributed by atoms with Crippen LogP contribution in [0.3, 0.4) is 0 Å². The second kappa shape index (κ2) is 11.2. The average molecular weight is 402 g/mol. The fourth-order valence-electron chi connectivity index (χ4n) is 3.48. The number of guanidine groups is 1. The number of carbonyl (C=O) groups excluding carboxylic acids is 1. The second-order valence-corrected chi connectivity index (χ2v) is 8.47. The van der Waals surface area contributed by atoms with Gasteiger partial charge in [-0.2, -0.15) is 0 Å². The summed E-state index contributed by atoms with van der Waals surface area (Å²) in [7, 11) is 0. The summed E-state index contributed by atoms with van der Waals surface area (Å²) in [6.07, 6.45) is 0.835. The third kappa shape index (κ3) is 7.03. The molecule has 0 radical (unpaired) electrons. The Labute approximate surface area is 176 Å². The number of rotatable bonds is 8. The number of carbonyl (C=O) groups is 1. The van der Waals surface area contributed by atoms with Gasteiger partial charge in [0.25, 0.3) is 0 Å². The number of hydrogen-bond acceptors (Lipinski definition) is 3. The Bertz CT molecular complexity index is 688. The maximum absolute atomic E-state index is 12.1. The molecule has 162 valence electrons. The van der Waals surface area contributed by atoms with E-state index in [-0.39, 0.29) is 11.8 Å². The van der Waals surface area contributed by atoms with Crippen molar-refractivity contribution in [1.29, 1.82) is 0 Å². The number of aliphatic imine (C=N–C) groups is 1. The number of nitrogens with zero attached hydrogens (tertiary/aromatic N) is 2. The number of benzene rings is 1. The number of anilines is 1. The van der Waals surface area contributed by atoms with Crippen LogP contribution in [-0.4, -0.2) is 48.5 Å². The molecule has 0 spiro atoms. The van der Waals surface area contributed by atoms with Crippen LogP contribution in [0.1, 0.15) is 53.5 Å². The third-order valence-corrected chi connectivity index (χ3v) is 5.71. The van der Waals surface area contributed by atoms with Crippen molar-refractivity contribution in [3.8, 4) is 0 Å². The van der Waals surface area contributed by atoms with Gasteiger partial charge in [0.1, 0.15) is 0 Å². The summed E-state index contributed by atoms with van der Waals surface area (Å²) < 4.78 is 0. The van der Waals surface area contributed by atoms with Crippen LogP contribution in [0.2, 0.25) is 0 Å². The number of amides is 1. The van der Waals surface area contributed by atoms with Crippen molar-refractivity contribution in [2.75, 3.05) is 25.0 Å². The normalized spacial score (nSPS) is 21.3. The Morgan fingerprint density at radius 2 is 2.00 bits per heavy atom. The van der Waals surface area contributed by atoms with Gasteiger partial charge in [-0.1, -0.05) is 32.9 Å². The van der Waals surface area contributed by atoms with E-state index in [0.717, 1.165) is 43.3 Å². The minimum atomic E-state index is 0.0139. The molecule has 3 N–H and O–H groups in total. The molecule has 3 unspecified atom stereocenters. The lowest BCUT2D eigenvalue weighted by Crippen LogP contribution is -2.46. The molecule has 1 fully saturated rings. The van der Waals surface area contributed by atoms with Gasteiger partial charge in [-0.15, -0.1) is 0 Å². The predicted octanol–water partition coefficient (Wildman–Crippen LogP) is 3.46. The summed E-state index contributed by atoms with van der Waals surface area (Å²) in [5, 5.41) is 9.98. The van der Waals surface area contributed by atoms with E-state index < -0.39 is 0 Å². The summed E-state index contributed by atoms with van der Waals surface area (Å²) in [5.74, 6) is 1.51. The highest BCUT2D eigenvalue weighted by Gasteiger charge is 2.31. The first kappa shape index (κ1) is 23.2. The molecule has 0 saturated carbocycles. The van der Waals surface area contributed by atoms with E-state index >= 15 is 0 Å². The van der Waals surface area contributed by atoms with Crippen LogP contribution >= 0.6 is 0 Å². The van der Waals surface area contributed by atoms with Crippen LogP contribution in [-0.2, 0) is 11.3 Å². The summed E-state index contributed by atoms with van der Waals surface area (Å²) in [6, 6.07) is 8.92. The first-order valence-electron chi connectivity index (χ1n) is 11.0. The maximum atomic E-state index is 12.1. The van der Waals surface area contributed by atoms with Crippen molar-refractivity contribution in [2.45, 2.75) is 66.6 Å². The average Bonchev–Trinajstić information content (AvgIpc) is 3.06. The van der Waals surface area contributed by atoms with Gasteiger partial charge in [0, 0.05) is 43.3 Å². The van der Waals surface area contributed by atoms with Crippen LogP contribution in [0, 0.1) is 11.8 Å². The van der Waals surface area contributed by atoms with Gasteiger partial charge in [-0.25, -0.2) is 4.99 Å². The Morgan fingerprint density at radius 3 is 2.62 bits per heavy atom. The lowest BCUT2D eigenvalue weighted by molar-refractivity contribution is -0.119. The molecule has 29 heavy (non-hydrogen) atoms. The second-order valence-electron chi connectivity index (χ2n) is 8.47. The van der Waals surface area contributed by atoms with Gasteiger partial charge in [-0.05, 0) is 50.8 Å². The van der Waals surface area contributed by atoms with Gasteiger partial charge in [-0.3, -0.25) is 9.69 Å². The maximum Gasteiger partial charge on any atom is 0.227 e. The van der Waals surface area contributed by atoms with Crippen molar-refractivity contribution in [2.24, 2.45) is 16.8 Å². The molecule has 0 aromatic heterocycles. The highest BCUT2D eigenvalue weighted by molar-refractivity contribution is 5.92. The zero-order chi connectivity index (χ0) is 21.4. The van der Waals surface area contributed by atoms with Crippen LogP contribution in [0.15, 0.2) is 29.3 Å². The lowest BCUT2D eigenvalue weighted by Gasteiger charge is -2.22. The van der Waals surface area contributed by atoms with Crippen molar-refractivity contribution >= 4 is 17.6 Å². The molecule has 1 saturated heterocycles. The van der Waals surface area contributed by atoms with E-state index in [4.69, 9.17) is 4.99 Å². The number of likely N-dealkylation sites (tertiary alicyclic amines) is 1. The van der Waals surface area contributed by atoms with E-state index in [2.05, 4.69) is 48.5 Å². The van der Waals surface area contributed by atoms with Crippen molar-refractivity contribution < 1.29 is 4.79 Å². The van der Waals surface area contributed by atoms with Gasteiger partial charge in [0.15, 0.2) is 5.96 Å². The Hall–Kier alpha value is -2.08. The minimum Gasteiger partial charge on any atom is -0.357 e. The Kier molecular flexibility index (Phi) is 8.96. The molecule has 6 nitrogen and oxygen atoms in total. The molecule has 1 aliphatic rings. The van der Waals surface area contributed by atoms with Gasteiger partial charge < -0.3 is 16.0 Å². The topological polar surface area (TPSA) is 68.8 Å². The molecule has 3 atom stereocenters. The number of hydrogen-bond donors (Lipinski definition) is 3. The first-order chi connectivity index (χ1) is 13.8. The summed E-state index contributed by atoms with van der Waals surface area (Å²) in [5.41, 5.74) is 1.91. The molecular weight excluding hydrogens is 362 g/mol. The van der Waals surface area contributed by atoms with Crippen LogP contribution < -0.4 is 16.0 Å². The first-order valence-corrected chi connectivity index (χ1v) is 11.0. The van der Waals surface area contributed by atoms with Gasteiger partial charge in [0.05, 0.1) is 6.54 Å². The monoisotopic (exact) mass is 401 g/mol. The molecule has 0 aliphatic carbocycles. The highest BCUT2D eigenvalue weighted by Crippen LogP contribution is 2.19. The van der Waals surface area contributed by atoms with Crippen molar-refractivity contribution in [3.63, 3.8) is 0 Å². The van der Waals surface area contributed by atoms with E-state index in [0.29, 0.717) is 24.5 Å². The SMILES string of the molecule is CCNC(=NCc1cccc(NC(=O)C(C)CC)c1)NC1CN(C(C)C)CC1C. The van der Waals surface area contributed by atoms with Crippen molar-refractivity contribution in [3.05, 3.63) is 29.8 Å². The molecule has 1 aliphatic heterocycles. The lowest BCUT2D eigenvalue weighted by atomic mass is 10.1. The molecule has 1 heterocycles. The zero-order valence-corrected chi connectivity index (χ0v) is 19.0. The predicted molar refractivity (Wildman–Crippen MR) is 122 cm³/mol. The smallest absolute Gasteiger partial charge is 0.227 e. The standard InChI is InChI=1S/C23H39N5O/c1-7-17(5)22(29)26-20-11-9-10-19(12-20)13-25-23(24-8-2)27-21-15-28(16(3)4)14-18(21)6/h9-12,16-18,21H,7-8,13-15H2,1-6H3,(H,26,29)(H2,24,25,27). The molecule has 0 bridgehead atoms. The van der Waals surface area contributed by atoms with Crippen LogP contribution in [0.4, 0.5) is 5.69 Å². The molecule has 1 aromatic rings. The third-order valence-electron chi connectivity index (χ3n) is 5.71. The summed E-state index contributed by atoms with van der Waals surface area (Å²) in [4.78, 5) is 19.4. The van der Waals surface area contributed by atoms with E-state index in [1.165, 1.54) is 0 Å². The van der Waals surface area contributed by atoms with E-state index in [9.17, 15) is 4.79 Å². The van der Waals surface area contributed by atoms with Gasteiger partial charge in [0.2, 0.25) is 5.91 Å². The van der Waals surface area contributed by atoms with Gasteiger partial charge >= 0.3 is 0 Å². The van der Waals surface area contributed by atoms with Crippen LogP contribution in [0.5, 0.6) is 0 Å². The quantitative estimate of drug-likeness (QED) is 0.461. The minimum absolute atomic E-state index is 0.0139. The largest absolute Gasteiger partial charge is 0.357 e. The summed E-state index contributed by atoms with van der Waals surface area (Å²) >= 11 is 0.